The third-order valence-corrected chi connectivity index (χ3v) is 3.47. The summed E-state index contributed by atoms with van der Waals surface area (Å²) in [5, 5.41) is 2.60. The number of carbonyl (C=O) groups excluding carboxylic acids is 2. The molecule has 0 saturated carbocycles. The minimum atomic E-state index is -0.595. The molecule has 0 bridgehead atoms. The molecule has 2 rings (SSSR count). The number of ether oxygens (including phenoxy) is 2. The van der Waals surface area contributed by atoms with E-state index in [-0.39, 0.29) is 11.8 Å². The molecule has 0 unspecified atom stereocenters. The Bertz CT molecular complexity index is 821. The second-order valence-corrected chi connectivity index (χ2v) is 6.02. The van der Waals surface area contributed by atoms with Gasteiger partial charge in [-0.25, -0.2) is 4.79 Å². The first-order valence-electron chi connectivity index (χ1n) is 8.59. The Hall–Kier alpha value is -3.34. The van der Waals surface area contributed by atoms with Gasteiger partial charge in [-0.2, -0.15) is 0 Å². The third-order valence-electron chi connectivity index (χ3n) is 3.47. The van der Waals surface area contributed by atoms with E-state index in [2.05, 4.69) is 5.32 Å². The molecule has 5 heteroatoms. The predicted octanol–water partition coefficient (Wildman–Crippen LogP) is 3.82. The van der Waals surface area contributed by atoms with E-state index in [9.17, 15) is 9.59 Å². The second-order valence-electron chi connectivity index (χ2n) is 6.02. The lowest BCUT2D eigenvalue weighted by Crippen LogP contribution is -2.28. The number of carbonyl (C=O) groups is 2. The van der Waals surface area contributed by atoms with Crippen LogP contribution in [0.1, 0.15) is 25.0 Å². The Morgan fingerprint density at radius 3 is 2.22 bits per heavy atom. The van der Waals surface area contributed by atoms with Gasteiger partial charge in [0.25, 0.3) is 0 Å². The summed E-state index contributed by atoms with van der Waals surface area (Å²) in [6.07, 6.45) is 4.32. The van der Waals surface area contributed by atoms with Gasteiger partial charge in [0, 0.05) is 6.08 Å². The molecule has 0 aliphatic rings. The van der Waals surface area contributed by atoms with Crippen LogP contribution in [0.3, 0.4) is 0 Å². The average molecular weight is 365 g/mol. The van der Waals surface area contributed by atoms with Gasteiger partial charge in [-0.1, -0.05) is 42.5 Å². The van der Waals surface area contributed by atoms with E-state index in [1.165, 1.54) is 6.08 Å². The van der Waals surface area contributed by atoms with E-state index < -0.39 is 11.9 Å². The molecule has 140 valence electrons. The molecule has 2 aromatic rings. The van der Waals surface area contributed by atoms with Crippen LogP contribution in [0.2, 0.25) is 0 Å². The van der Waals surface area contributed by atoms with Gasteiger partial charge < -0.3 is 14.8 Å². The summed E-state index contributed by atoms with van der Waals surface area (Å²) in [6.45, 7) is 3.50. The molecule has 1 N–H and O–H groups in total. The molecule has 0 radical (unpaired) electrons. The molecule has 0 aliphatic heterocycles. The summed E-state index contributed by atoms with van der Waals surface area (Å²) in [5.41, 5.74) is 1.69. The smallest absolute Gasteiger partial charge is 0.355 e. The lowest BCUT2D eigenvalue weighted by molar-refractivity contribution is -0.143. The molecule has 0 aliphatic carbocycles. The normalized spacial score (nSPS) is 11.5. The van der Waals surface area contributed by atoms with Crippen LogP contribution in [0, 0.1) is 0 Å². The van der Waals surface area contributed by atoms with Crippen LogP contribution in [0.15, 0.2) is 66.4 Å². The molecule has 2 aromatic carbocycles. The minimum Gasteiger partial charge on any atom is -0.497 e. The lowest BCUT2D eigenvalue weighted by atomic mass is 10.1. The molecular formula is C22H23NO4. The van der Waals surface area contributed by atoms with Crippen LogP contribution in [0.4, 0.5) is 0 Å². The highest BCUT2D eigenvalue weighted by Crippen LogP contribution is 2.14. The van der Waals surface area contributed by atoms with Crippen molar-refractivity contribution in [1.82, 2.24) is 5.32 Å². The Balaban J connectivity index is 2.18. The van der Waals surface area contributed by atoms with Crippen molar-refractivity contribution in [3.63, 3.8) is 0 Å². The summed E-state index contributed by atoms with van der Waals surface area (Å²) < 4.78 is 10.3. The first kappa shape index (κ1) is 20.0. The van der Waals surface area contributed by atoms with Gasteiger partial charge in [-0.3, -0.25) is 4.79 Å². The lowest BCUT2D eigenvalue weighted by Gasteiger charge is -2.11. The van der Waals surface area contributed by atoms with Crippen LogP contribution in [0.5, 0.6) is 5.75 Å². The van der Waals surface area contributed by atoms with Crippen molar-refractivity contribution >= 4 is 24.0 Å². The first-order chi connectivity index (χ1) is 13.0. The highest BCUT2D eigenvalue weighted by atomic mass is 16.5. The van der Waals surface area contributed by atoms with Crippen molar-refractivity contribution < 1.29 is 19.1 Å². The van der Waals surface area contributed by atoms with E-state index in [4.69, 9.17) is 9.47 Å². The summed E-state index contributed by atoms with van der Waals surface area (Å²) >= 11 is 0. The largest absolute Gasteiger partial charge is 0.497 e. The topological polar surface area (TPSA) is 64.6 Å². The average Bonchev–Trinajstić information content (AvgIpc) is 2.66. The van der Waals surface area contributed by atoms with Gasteiger partial charge in [-0.15, -0.1) is 0 Å². The van der Waals surface area contributed by atoms with Crippen LogP contribution < -0.4 is 10.1 Å². The Morgan fingerprint density at radius 2 is 1.63 bits per heavy atom. The van der Waals surface area contributed by atoms with Crippen molar-refractivity contribution in [2.45, 2.75) is 20.0 Å². The van der Waals surface area contributed by atoms with E-state index >= 15 is 0 Å². The number of methoxy groups -OCH3 is 1. The number of rotatable bonds is 7. The van der Waals surface area contributed by atoms with E-state index in [1.54, 1.807) is 57.4 Å². The molecule has 0 saturated heterocycles. The van der Waals surface area contributed by atoms with Crippen molar-refractivity contribution in [3.05, 3.63) is 77.5 Å². The highest BCUT2D eigenvalue weighted by Gasteiger charge is 2.15. The second kappa shape index (κ2) is 9.97. The van der Waals surface area contributed by atoms with E-state index in [1.807, 2.05) is 30.3 Å². The van der Waals surface area contributed by atoms with Crippen molar-refractivity contribution in [2.75, 3.05) is 7.11 Å². The Morgan fingerprint density at radius 1 is 0.963 bits per heavy atom. The zero-order valence-corrected chi connectivity index (χ0v) is 15.6. The summed E-state index contributed by atoms with van der Waals surface area (Å²) in [7, 11) is 1.58. The van der Waals surface area contributed by atoms with Crippen LogP contribution >= 0.6 is 0 Å². The number of esters is 1. The van der Waals surface area contributed by atoms with Gasteiger partial charge in [0.1, 0.15) is 11.4 Å². The monoisotopic (exact) mass is 365 g/mol. The highest BCUT2D eigenvalue weighted by molar-refractivity contribution is 6.02. The molecule has 0 spiro atoms. The first-order valence-corrected chi connectivity index (χ1v) is 8.59. The van der Waals surface area contributed by atoms with E-state index in [0.717, 1.165) is 11.1 Å². The Kier molecular flexibility index (Phi) is 7.37. The van der Waals surface area contributed by atoms with Gasteiger partial charge in [0.2, 0.25) is 5.91 Å². The van der Waals surface area contributed by atoms with Gasteiger partial charge in [0.15, 0.2) is 0 Å². The van der Waals surface area contributed by atoms with Crippen LogP contribution in [-0.4, -0.2) is 25.1 Å². The number of benzene rings is 2. The molecule has 0 aromatic heterocycles. The van der Waals surface area contributed by atoms with Crippen molar-refractivity contribution in [1.29, 1.82) is 0 Å². The number of nitrogens with one attached hydrogen (secondary N) is 1. The Labute approximate surface area is 159 Å². The van der Waals surface area contributed by atoms with Gasteiger partial charge in [-0.05, 0) is 49.3 Å². The fourth-order valence-corrected chi connectivity index (χ4v) is 2.20. The predicted molar refractivity (Wildman–Crippen MR) is 106 cm³/mol. The third kappa shape index (κ3) is 6.82. The molecule has 0 atom stereocenters. The van der Waals surface area contributed by atoms with Gasteiger partial charge in [0.05, 0.1) is 13.2 Å². The number of hydrogen-bond donors (Lipinski definition) is 1. The molecule has 0 fully saturated rings. The quantitative estimate of drug-likeness (QED) is 0.598. The summed E-state index contributed by atoms with van der Waals surface area (Å²) in [5.74, 6) is -0.310. The molecule has 5 nitrogen and oxygen atoms in total. The maximum absolute atomic E-state index is 12.3. The van der Waals surface area contributed by atoms with Crippen LogP contribution in [-0.2, 0) is 14.3 Å². The molecular weight excluding hydrogens is 342 g/mol. The zero-order chi connectivity index (χ0) is 19.6. The molecule has 27 heavy (non-hydrogen) atoms. The van der Waals surface area contributed by atoms with Crippen LogP contribution in [0.25, 0.3) is 12.2 Å². The standard InChI is InChI=1S/C22H23NO4/c1-16(2)27-22(25)20(15-18-9-12-19(26-3)13-10-18)23-21(24)14-11-17-7-5-4-6-8-17/h4-16H,1-3H3,(H,23,24). The molecule has 1 amide bonds. The minimum absolute atomic E-state index is 0.0663. The number of amides is 1. The summed E-state index contributed by atoms with van der Waals surface area (Å²) in [4.78, 5) is 24.6. The summed E-state index contributed by atoms with van der Waals surface area (Å²) in [6, 6.07) is 16.5. The molecule has 0 heterocycles. The fraction of sp³-hybridized carbons (Fsp3) is 0.182. The number of hydrogen-bond acceptors (Lipinski definition) is 4. The zero-order valence-electron chi connectivity index (χ0n) is 15.6. The van der Waals surface area contributed by atoms with Crippen molar-refractivity contribution in [3.8, 4) is 5.75 Å². The van der Waals surface area contributed by atoms with Crippen molar-refractivity contribution in [2.24, 2.45) is 0 Å². The fourth-order valence-electron chi connectivity index (χ4n) is 2.20. The maximum atomic E-state index is 12.3. The van der Waals surface area contributed by atoms with E-state index in [0.29, 0.717) is 5.75 Å². The van der Waals surface area contributed by atoms with Gasteiger partial charge >= 0.3 is 5.97 Å². The maximum Gasteiger partial charge on any atom is 0.355 e. The SMILES string of the molecule is COc1ccc(C=C(NC(=O)C=Cc2ccccc2)C(=O)OC(C)C)cc1.